The van der Waals surface area contributed by atoms with E-state index in [1.807, 2.05) is 54.6 Å². The fourth-order valence-electron chi connectivity index (χ4n) is 2.08. The molecule has 116 valence electrons. The first-order valence-corrected chi connectivity index (χ1v) is 7.84. The molecule has 0 bridgehead atoms. The van der Waals surface area contributed by atoms with E-state index >= 15 is 0 Å². The fraction of sp³-hybridized carbons (Fsp3) is 0.118. The number of carbonyl (C=O) groups excluding carboxylic acids is 1. The molecule has 2 aromatic carbocycles. The van der Waals surface area contributed by atoms with Crippen molar-refractivity contribution in [2.24, 2.45) is 0 Å². The standard InChI is InChI=1S/C17H15N3O2S/c1-22-14-9-7-13(8-10-14)16-19-17(23-20-16)18-15(21)11-12-5-3-2-4-6-12/h2-10H,11H2,1H3,(H,18,19,20,21). The van der Waals surface area contributed by atoms with Crippen LogP contribution >= 0.6 is 11.5 Å². The number of hydrogen-bond donors (Lipinski definition) is 1. The van der Waals surface area contributed by atoms with Gasteiger partial charge in [-0.3, -0.25) is 4.79 Å². The normalized spacial score (nSPS) is 10.3. The molecule has 0 fully saturated rings. The number of ether oxygens (including phenoxy) is 1. The Morgan fingerprint density at radius 3 is 2.57 bits per heavy atom. The zero-order valence-corrected chi connectivity index (χ0v) is 13.3. The molecule has 3 aromatic rings. The van der Waals surface area contributed by atoms with Crippen molar-refractivity contribution in [3.8, 4) is 17.1 Å². The highest BCUT2D eigenvalue weighted by molar-refractivity contribution is 7.10. The lowest BCUT2D eigenvalue weighted by molar-refractivity contribution is -0.115. The second-order valence-corrected chi connectivity index (χ2v) is 5.61. The van der Waals surface area contributed by atoms with Gasteiger partial charge in [0.25, 0.3) is 0 Å². The van der Waals surface area contributed by atoms with Gasteiger partial charge in [0.2, 0.25) is 11.0 Å². The Bertz CT molecular complexity index is 785. The third-order valence-corrected chi connectivity index (χ3v) is 3.86. The average molecular weight is 325 g/mol. The molecule has 0 radical (unpaired) electrons. The van der Waals surface area contributed by atoms with Gasteiger partial charge in [0.05, 0.1) is 13.5 Å². The SMILES string of the molecule is COc1ccc(-c2nsc(NC(=O)Cc3ccccc3)n2)cc1. The smallest absolute Gasteiger partial charge is 0.230 e. The molecule has 1 heterocycles. The Balaban J connectivity index is 1.65. The van der Waals surface area contributed by atoms with Gasteiger partial charge in [0.15, 0.2) is 5.82 Å². The van der Waals surface area contributed by atoms with Crippen molar-refractivity contribution in [3.63, 3.8) is 0 Å². The lowest BCUT2D eigenvalue weighted by Crippen LogP contribution is -2.14. The lowest BCUT2D eigenvalue weighted by Gasteiger charge is -2.01. The summed E-state index contributed by atoms with van der Waals surface area (Å²) >= 11 is 1.17. The number of rotatable bonds is 5. The monoisotopic (exact) mass is 325 g/mol. The Kier molecular flexibility index (Phi) is 4.63. The largest absolute Gasteiger partial charge is 0.497 e. The molecule has 1 N–H and O–H groups in total. The van der Waals surface area contributed by atoms with Crippen LogP contribution in [0.15, 0.2) is 54.6 Å². The van der Waals surface area contributed by atoms with E-state index in [9.17, 15) is 4.79 Å². The number of nitrogens with one attached hydrogen (secondary N) is 1. The van der Waals surface area contributed by atoms with E-state index in [2.05, 4.69) is 14.7 Å². The molecule has 0 aliphatic heterocycles. The fourth-order valence-corrected chi connectivity index (χ4v) is 2.68. The Labute approximate surface area is 138 Å². The quantitative estimate of drug-likeness (QED) is 0.781. The molecule has 0 aliphatic carbocycles. The van der Waals surface area contributed by atoms with Gasteiger partial charge in [-0.2, -0.15) is 9.36 Å². The number of nitrogens with zero attached hydrogens (tertiary/aromatic N) is 2. The summed E-state index contributed by atoms with van der Waals surface area (Å²) in [5.74, 6) is 1.27. The molecule has 0 saturated carbocycles. The highest BCUT2D eigenvalue weighted by Gasteiger charge is 2.10. The van der Waals surface area contributed by atoms with Gasteiger partial charge in [-0.1, -0.05) is 30.3 Å². The second-order valence-electron chi connectivity index (χ2n) is 4.86. The predicted octanol–water partition coefficient (Wildman–Crippen LogP) is 3.39. The number of anilines is 1. The molecule has 0 saturated heterocycles. The van der Waals surface area contributed by atoms with E-state index in [1.165, 1.54) is 11.5 Å². The maximum absolute atomic E-state index is 12.0. The van der Waals surface area contributed by atoms with Crippen molar-refractivity contribution in [1.29, 1.82) is 0 Å². The van der Waals surface area contributed by atoms with Crippen LogP contribution < -0.4 is 10.1 Å². The van der Waals surface area contributed by atoms with Crippen LogP contribution in [0.4, 0.5) is 5.13 Å². The number of hydrogen-bond acceptors (Lipinski definition) is 5. The number of aromatic nitrogens is 2. The summed E-state index contributed by atoms with van der Waals surface area (Å²) in [6, 6.07) is 17.1. The van der Waals surface area contributed by atoms with Crippen LogP contribution in [0, 0.1) is 0 Å². The zero-order chi connectivity index (χ0) is 16.1. The van der Waals surface area contributed by atoms with Crippen molar-refractivity contribution in [1.82, 2.24) is 9.36 Å². The van der Waals surface area contributed by atoms with Gasteiger partial charge in [-0.05, 0) is 29.8 Å². The van der Waals surface area contributed by atoms with Gasteiger partial charge in [-0.25, -0.2) is 0 Å². The number of methoxy groups -OCH3 is 1. The third kappa shape index (κ3) is 3.92. The average Bonchev–Trinajstić information content (AvgIpc) is 3.04. The predicted molar refractivity (Wildman–Crippen MR) is 90.7 cm³/mol. The summed E-state index contributed by atoms with van der Waals surface area (Å²) in [6.45, 7) is 0. The molecule has 1 aromatic heterocycles. The van der Waals surface area contributed by atoms with Crippen molar-refractivity contribution in [2.75, 3.05) is 12.4 Å². The third-order valence-electron chi connectivity index (χ3n) is 3.23. The van der Waals surface area contributed by atoms with Crippen molar-refractivity contribution in [3.05, 3.63) is 60.2 Å². The number of amides is 1. The Morgan fingerprint density at radius 1 is 1.13 bits per heavy atom. The molecular weight excluding hydrogens is 310 g/mol. The van der Waals surface area contributed by atoms with Gasteiger partial charge < -0.3 is 10.1 Å². The van der Waals surface area contributed by atoms with Gasteiger partial charge in [0, 0.05) is 17.1 Å². The first kappa shape index (κ1) is 15.2. The maximum Gasteiger partial charge on any atom is 0.230 e. The van der Waals surface area contributed by atoms with Crippen LogP contribution in [0.3, 0.4) is 0 Å². The molecule has 3 rings (SSSR count). The van der Waals surface area contributed by atoms with Crippen LogP contribution in [-0.2, 0) is 11.2 Å². The molecule has 0 aliphatic rings. The van der Waals surface area contributed by atoms with Crippen molar-refractivity contribution < 1.29 is 9.53 Å². The van der Waals surface area contributed by atoms with Crippen LogP contribution in [0.2, 0.25) is 0 Å². The molecule has 0 atom stereocenters. The lowest BCUT2D eigenvalue weighted by atomic mass is 10.1. The van der Waals surface area contributed by atoms with E-state index in [0.717, 1.165) is 16.9 Å². The molecule has 23 heavy (non-hydrogen) atoms. The summed E-state index contributed by atoms with van der Waals surface area (Å²) in [5, 5.41) is 3.28. The van der Waals surface area contributed by atoms with Gasteiger partial charge in [-0.15, -0.1) is 0 Å². The molecule has 6 heteroatoms. The molecule has 0 spiro atoms. The van der Waals surface area contributed by atoms with E-state index in [1.54, 1.807) is 7.11 Å². The van der Waals surface area contributed by atoms with E-state index in [4.69, 9.17) is 4.74 Å². The van der Waals surface area contributed by atoms with E-state index in [-0.39, 0.29) is 5.91 Å². The van der Waals surface area contributed by atoms with Gasteiger partial charge >= 0.3 is 0 Å². The Hall–Kier alpha value is -2.73. The van der Waals surface area contributed by atoms with Gasteiger partial charge in [0.1, 0.15) is 5.75 Å². The summed E-state index contributed by atoms with van der Waals surface area (Å²) in [6.07, 6.45) is 0.318. The first-order valence-electron chi connectivity index (χ1n) is 7.06. The molecule has 0 unspecified atom stereocenters. The van der Waals surface area contributed by atoms with Crippen LogP contribution in [0.1, 0.15) is 5.56 Å². The first-order chi connectivity index (χ1) is 11.2. The van der Waals surface area contributed by atoms with Crippen molar-refractivity contribution in [2.45, 2.75) is 6.42 Å². The van der Waals surface area contributed by atoms with E-state index in [0.29, 0.717) is 17.4 Å². The van der Waals surface area contributed by atoms with Crippen LogP contribution in [0.5, 0.6) is 5.75 Å². The minimum absolute atomic E-state index is 0.103. The maximum atomic E-state index is 12.0. The molecular formula is C17H15N3O2S. The highest BCUT2D eigenvalue weighted by atomic mass is 32.1. The summed E-state index contributed by atoms with van der Waals surface area (Å²) in [4.78, 5) is 16.4. The van der Waals surface area contributed by atoms with Crippen molar-refractivity contribution >= 4 is 22.6 Å². The second kappa shape index (κ2) is 7.02. The van der Waals surface area contributed by atoms with Crippen LogP contribution in [0.25, 0.3) is 11.4 Å². The summed E-state index contributed by atoms with van der Waals surface area (Å²) < 4.78 is 9.40. The molecule has 5 nitrogen and oxygen atoms in total. The summed E-state index contributed by atoms with van der Waals surface area (Å²) in [7, 11) is 1.62. The van der Waals surface area contributed by atoms with E-state index < -0.39 is 0 Å². The minimum Gasteiger partial charge on any atom is -0.497 e. The number of benzene rings is 2. The number of carbonyl (C=O) groups is 1. The topological polar surface area (TPSA) is 64.1 Å². The Morgan fingerprint density at radius 2 is 1.87 bits per heavy atom. The highest BCUT2D eigenvalue weighted by Crippen LogP contribution is 2.23. The summed E-state index contributed by atoms with van der Waals surface area (Å²) in [5.41, 5.74) is 1.84. The minimum atomic E-state index is -0.103. The van der Waals surface area contributed by atoms with Crippen LogP contribution in [-0.4, -0.2) is 22.4 Å². The zero-order valence-electron chi connectivity index (χ0n) is 12.5. The molecule has 1 amide bonds.